The molecule has 4 rings (SSSR count). The molecule has 0 fully saturated rings. The third-order valence-electron chi connectivity index (χ3n) is 4.48. The monoisotopic (exact) mass is 361 g/mol. The van der Waals surface area contributed by atoms with Crippen LogP contribution in [0.25, 0.3) is 0 Å². The summed E-state index contributed by atoms with van der Waals surface area (Å²) in [5, 5.41) is 2.68. The number of rotatable bonds is 3. The summed E-state index contributed by atoms with van der Waals surface area (Å²) < 4.78 is 13.0. The lowest BCUT2D eigenvalue weighted by Crippen LogP contribution is -2.30. The number of carbonyl (C=O) groups is 2. The minimum Gasteiger partial charge on any atom is -0.322 e. The van der Waals surface area contributed by atoms with Gasteiger partial charge < -0.3 is 10.2 Å². The van der Waals surface area contributed by atoms with Crippen molar-refractivity contribution >= 4 is 23.2 Å². The van der Waals surface area contributed by atoms with Crippen molar-refractivity contribution in [3.05, 3.63) is 89.5 Å². The summed E-state index contributed by atoms with van der Waals surface area (Å²) >= 11 is 0. The Morgan fingerprint density at radius 2 is 1.81 bits per heavy atom. The number of carbonyl (C=O) groups excluding carboxylic acids is 2. The van der Waals surface area contributed by atoms with E-state index in [1.165, 1.54) is 42.6 Å². The van der Waals surface area contributed by atoms with Gasteiger partial charge in [-0.1, -0.05) is 18.2 Å². The second-order valence-electron chi connectivity index (χ2n) is 6.23. The zero-order chi connectivity index (χ0) is 18.8. The molecule has 0 unspecified atom stereocenters. The van der Waals surface area contributed by atoms with Crippen molar-refractivity contribution in [1.29, 1.82) is 0 Å². The van der Waals surface area contributed by atoms with Crippen molar-refractivity contribution in [1.82, 2.24) is 4.98 Å². The number of anilines is 2. The molecule has 0 bridgehead atoms. The molecule has 1 aliphatic rings. The van der Waals surface area contributed by atoms with Crippen LogP contribution in [0.3, 0.4) is 0 Å². The molecular formula is C21H16FN3O2. The van der Waals surface area contributed by atoms with Gasteiger partial charge in [0.25, 0.3) is 11.8 Å². The Labute approximate surface area is 155 Å². The molecule has 1 aliphatic heterocycles. The quantitative estimate of drug-likeness (QED) is 0.774. The molecule has 0 saturated carbocycles. The molecule has 0 aliphatic carbocycles. The standard InChI is InChI=1S/C21H16FN3O2/c22-16-5-7-17(8-6-16)24-20(26)15-9-11-23-18(13-15)21(27)25-12-10-14-3-1-2-4-19(14)25/h1-9,11,13H,10,12H2,(H,24,26). The summed E-state index contributed by atoms with van der Waals surface area (Å²) in [4.78, 5) is 31.1. The smallest absolute Gasteiger partial charge is 0.276 e. The van der Waals surface area contributed by atoms with Crippen LogP contribution in [0.4, 0.5) is 15.8 Å². The van der Waals surface area contributed by atoms with Gasteiger partial charge in [0.05, 0.1) is 0 Å². The highest BCUT2D eigenvalue weighted by Gasteiger charge is 2.26. The van der Waals surface area contributed by atoms with Gasteiger partial charge in [-0.3, -0.25) is 14.6 Å². The molecule has 6 heteroatoms. The number of pyridine rings is 1. The Bertz CT molecular complexity index is 1020. The maximum atomic E-state index is 13.0. The topological polar surface area (TPSA) is 62.3 Å². The third-order valence-corrected chi connectivity index (χ3v) is 4.48. The second kappa shape index (κ2) is 6.99. The van der Waals surface area contributed by atoms with E-state index in [0.717, 1.165) is 17.7 Å². The number of fused-ring (bicyclic) bond motifs is 1. The van der Waals surface area contributed by atoms with E-state index in [9.17, 15) is 14.0 Å². The third kappa shape index (κ3) is 3.42. The van der Waals surface area contributed by atoms with E-state index in [0.29, 0.717) is 17.8 Å². The summed E-state index contributed by atoms with van der Waals surface area (Å²) in [6.45, 7) is 0.589. The first-order valence-corrected chi connectivity index (χ1v) is 8.54. The zero-order valence-electron chi connectivity index (χ0n) is 14.4. The van der Waals surface area contributed by atoms with E-state index >= 15 is 0 Å². The normalized spacial score (nSPS) is 12.6. The van der Waals surface area contributed by atoms with E-state index in [1.54, 1.807) is 4.90 Å². The lowest BCUT2D eigenvalue weighted by Gasteiger charge is -2.17. The molecule has 0 atom stereocenters. The van der Waals surface area contributed by atoms with E-state index in [4.69, 9.17) is 0 Å². The van der Waals surface area contributed by atoms with Crippen LogP contribution < -0.4 is 10.2 Å². The minimum absolute atomic E-state index is 0.207. The van der Waals surface area contributed by atoms with Gasteiger partial charge >= 0.3 is 0 Å². The number of nitrogens with zero attached hydrogens (tertiary/aromatic N) is 2. The fraction of sp³-hybridized carbons (Fsp3) is 0.0952. The summed E-state index contributed by atoms with van der Waals surface area (Å²) in [5.74, 6) is -1.01. The molecule has 5 nitrogen and oxygen atoms in total. The second-order valence-corrected chi connectivity index (χ2v) is 6.23. The summed E-state index contributed by atoms with van der Waals surface area (Å²) in [6, 6.07) is 16.2. The largest absolute Gasteiger partial charge is 0.322 e. The van der Waals surface area contributed by atoms with Crippen molar-refractivity contribution < 1.29 is 14.0 Å². The first kappa shape index (κ1) is 16.9. The number of amides is 2. The Morgan fingerprint density at radius 1 is 1.04 bits per heavy atom. The van der Waals surface area contributed by atoms with Crippen LogP contribution in [0.5, 0.6) is 0 Å². The first-order chi connectivity index (χ1) is 13.1. The van der Waals surface area contributed by atoms with Crippen molar-refractivity contribution in [3.63, 3.8) is 0 Å². The maximum absolute atomic E-state index is 13.0. The van der Waals surface area contributed by atoms with Gasteiger partial charge in [-0.2, -0.15) is 0 Å². The number of benzene rings is 2. The van der Waals surface area contributed by atoms with E-state index < -0.39 is 0 Å². The van der Waals surface area contributed by atoms with Crippen LogP contribution in [0, 0.1) is 5.82 Å². The van der Waals surface area contributed by atoms with Crippen LogP contribution >= 0.6 is 0 Å². The van der Waals surface area contributed by atoms with Gasteiger partial charge in [0.15, 0.2) is 0 Å². The highest BCUT2D eigenvalue weighted by atomic mass is 19.1. The summed E-state index contributed by atoms with van der Waals surface area (Å²) in [6.07, 6.45) is 2.24. The molecule has 0 spiro atoms. The highest BCUT2D eigenvalue weighted by Crippen LogP contribution is 2.28. The van der Waals surface area contributed by atoms with Crippen LogP contribution in [0.1, 0.15) is 26.4 Å². The molecule has 2 aromatic carbocycles. The zero-order valence-corrected chi connectivity index (χ0v) is 14.4. The van der Waals surface area contributed by atoms with Gasteiger partial charge in [-0.25, -0.2) is 4.39 Å². The number of halogens is 1. The van der Waals surface area contributed by atoms with E-state index in [1.807, 2.05) is 24.3 Å². The van der Waals surface area contributed by atoms with Crippen molar-refractivity contribution in [3.8, 4) is 0 Å². The fourth-order valence-corrected chi connectivity index (χ4v) is 3.11. The van der Waals surface area contributed by atoms with Gasteiger partial charge in [-0.15, -0.1) is 0 Å². The van der Waals surface area contributed by atoms with Crippen molar-refractivity contribution in [2.45, 2.75) is 6.42 Å². The number of hydrogen-bond donors (Lipinski definition) is 1. The van der Waals surface area contributed by atoms with Crippen LogP contribution in [0.2, 0.25) is 0 Å². The number of hydrogen-bond acceptors (Lipinski definition) is 3. The fourth-order valence-electron chi connectivity index (χ4n) is 3.11. The first-order valence-electron chi connectivity index (χ1n) is 8.54. The SMILES string of the molecule is O=C(Nc1ccc(F)cc1)c1ccnc(C(=O)N2CCc3ccccc32)c1. The average Bonchev–Trinajstić information content (AvgIpc) is 3.13. The summed E-state index contributed by atoms with van der Waals surface area (Å²) in [5.41, 5.74) is 2.99. The molecule has 134 valence electrons. The Kier molecular flexibility index (Phi) is 4.38. The molecule has 3 aromatic rings. The van der Waals surface area contributed by atoms with Gasteiger partial charge in [0, 0.05) is 29.7 Å². The molecule has 27 heavy (non-hydrogen) atoms. The molecule has 2 heterocycles. The van der Waals surface area contributed by atoms with Gasteiger partial charge in [-0.05, 0) is 54.4 Å². The predicted octanol–water partition coefficient (Wildman–Crippen LogP) is 3.68. The maximum Gasteiger partial charge on any atom is 0.276 e. The lowest BCUT2D eigenvalue weighted by atomic mass is 10.1. The van der Waals surface area contributed by atoms with Crippen LogP contribution in [0.15, 0.2) is 66.9 Å². The van der Waals surface area contributed by atoms with Crippen molar-refractivity contribution in [2.24, 2.45) is 0 Å². The van der Waals surface area contributed by atoms with Crippen LogP contribution in [-0.2, 0) is 6.42 Å². The van der Waals surface area contributed by atoms with Crippen molar-refractivity contribution in [2.75, 3.05) is 16.8 Å². The molecule has 0 saturated heterocycles. The summed E-state index contributed by atoms with van der Waals surface area (Å²) in [7, 11) is 0. The van der Waals surface area contributed by atoms with Gasteiger partial charge in [0.2, 0.25) is 0 Å². The Balaban J connectivity index is 1.55. The molecule has 1 N–H and O–H groups in total. The van der Waals surface area contributed by atoms with Crippen LogP contribution in [-0.4, -0.2) is 23.3 Å². The molecular weight excluding hydrogens is 345 g/mol. The number of para-hydroxylation sites is 1. The predicted molar refractivity (Wildman–Crippen MR) is 100 cm³/mol. The highest BCUT2D eigenvalue weighted by molar-refractivity contribution is 6.09. The van der Waals surface area contributed by atoms with E-state index in [-0.39, 0.29) is 23.3 Å². The molecule has 0 radical (unpaired) electrons. The molecule has 2 amide bonds. The number of aromatic nitrogens is 1. The number of nitrogens with one attached hydrogen (secondary N) is 1. The Hall–Kier alpha value is -3.54. The molecule has 1 aromatic heterocycles. The Morgan fingerprint density at radius 3 is 2.63 bits per heavy atom. The lowest BCUT2D eigenvalue weighted by molar-refractivity contribution is 0.0984. The van der Waals surface area contributed by atoms with Gasteiger partial charge in [0.1, 0.15) is 11.5 Å². The van der Waals surface area contributed by atoms with E-state index in [2.05, 4.69) is 10.3 Å². The minimum atomic E-state index is -0.389. The average molecular weight is 361 g/mol.